The summed E-state index contributed by atoms with van der Waals surface area (Å²) in [4.78, 5) is 28.2. The number of aryl methyl sites for hydroxylation is 2. The Morgan fingerprint density at radius 1 is 0.946 bits per heavy atom. The standard InChI is InChI=1S/C29H29NO7/c1-6-37-24-15-18(8-12-23(24)36-5)26-25(27(32)20-10-9-19(35-4)14-17(20)3)28(33)29(34)30(26)21-13-16(2)7-11-22(21)31/h7-15,26,31-32H,6H2,1-5H3/b27-25+. The molecule has 1 fully saturated rings. The zero-order valence-electron chi connectivity index (χ0n) is 21.4. The highest BCUT2D eigenvalue weighted by atomic mass is 16.5. The summed E-state index contributed by atoms with van der Waals surface area (Å²) < 4.78 is 16.4. The summed E-state index contributed by atoms with van der Waals surface area (Å²) in [5.41, 5.74) is 2.38. The van der Waals surface area contributed by atoms with Crippen molar-refractivity contribution in [1.29, 1.82) is 0 Å². The zero-order chi connectivity index (χ0) is 26.9. The molecule has 0 radical (unpaired) electrons. The van der Waals surface area contributed by atoms with Crippen LogP contribution in [-0.4, -0.2) is 42.7 Å². The Labute approximate surface area is 215 Å². The first-order valence-electron chi connectivity index (χ1n) is 11.8. The number of Topliss-reactive ketones (excluding diaryl/α,β-unsaturated/α-hetero) is 1. The van der Waals surface area contributed by atoms with Crippen molar-refractivity contribution in [2.24, 2.45) is 0 Å². The molecule has 192 valence electrons. The Balaban J connectivity index is 2.01. The first kappa shape index (κ1) is 25.6. The van der Waals surface area contributed by atoms with Gasteiger partial charge in [0.1, 0.15) is 17.3 Å². The van der Waals surface area contributed by atoms with Crippen LogP contribution in [0, 0.1) is 13.8 Å². The maximum atomic E-state index is 13.5. The normalized spacial score (nSPS) is 16.7. The van der Waals surface area contributed by atoms with Gasteiger partial charge in [0.2, 0.25) is 0 Å². The van der Waals surface area contributed by atoms with E-state index in [1.807, 2.05) is 13.8 Å². The van der Waals surface area contributed by atoms with E-state index in [1.54, 1.807) is 55.5 Å². The number of hydrogen-bond donors (Lipinski definition) is 2. The lowest BCUT2D eigenvalue weighted by atomic mass is 9.93. The van der Waals surface area contributed by atoms with E-state index in [0.717, 1.165) is 5.56 Å². The Kier molecular flexibility index (Phi) is 7.11. The summed E-state index contributed by atoms with van der Waals surface area (Å²) in [6.07, 6.45) is 0. The zero-order valence-corrected chi connectivity index (χ0v) is 21.4. The first-order valence-corrected chi connectivity index (χ1v) is 11.8. The minimum absolute atomic E-state index is 0.105. The summed E-state index contributed by atoms with van der Waals surface area (Å²) >= 11 is 0. The first-order chi connectivity index (χ1) is 17.7. The molecule has 0 aliphatic carbocycles. The van der Waals surface area contributed by atoms with Crippen LogP contribution in [0.3, 0.4) is 0 Å². The molecule has 4 rings (SSSR count). The van der Waals surface area contributed by atoms with E-state index < -0.39 is 17.7 Å². The Hall–Kier alpha value is -4.46. The molecule has 1 aliphatic rings. The van der Waals surface area contributed by atoms with Crippen LogP contribution in [0.25, 0.3) is 5.76 Å². The van der Waals surface area contributed by atoms with Crippen molar-refractivity contribution in [1.82, 2.24) is 0 Å². The molecule has 8 heteroatoms. The molecule has 8 nitrogen and oxygen atoms in total. The molecule has 0 aromatic heterocycles. The maximum absolute atomic E-state index is 13.5. The molecular formula is C29H29NO7. The number of rotatable bonds is 7. The summed E-state index contributed by atoms with van der Waals surface area (Å²) in [6, 6.07) is 13.8. The van der Waals surface area contributed by atoms with Gasteiger partial charge in [-0.15, -0.1) is 0 Å². The van der Waals surface area contributed by atoms with Gasteiger partial charge in [-0.2, -0.15) is 0 Å². The molecule has 1 heterocycles. The lowest BCUT2D eigenvalue weighted by Crippen LogP contribution is -2.29. The predicted molar refractivity (Wildman–Crippen MR) is 140 cm³/mol. The van der Waals surface area contributed by atoms with Gasteiger partial charge < -0.3 is 24.4 Å². The van der Waals surface area contributed by atoms with E-state index in [1.165, 1.54) is 25.2 Å². The van der Waals surface area contributed by atoms with Crippen molar-refractivity contribution in [3.8, 4) is 23.0 Å². The maximum Gasteiger partial charge on any atom is 0.300 e. The van der Waals surface area contributed by atoms with Gasteiger partial charge >= 0.3 is 0 Å². The van der Waals surface area contributed by atoms with Crippen LogP contribution in [0.1, 0.15) is 35.2 Å². The van der Waals surface area contributed by atoms with Gasteiger partial charge in [-0.1, -0.05) is 12.1 Å². The summed E-state index contributed by atoms with van der Waals surface area (Å²) in [5, 5.41) is 22.2. The topological polar surface area (TPSA) is 106 Å². The number of ether oxygens (including phenoxy) is 3. The van der Waals surface area contributed by atoms with E-state index in [0.29, 0.717) is 40.5 Å². The monoisotopic (exact) mass is 503 g/mol. The third kappa shape index (κ3) is 4.58. The average molecular weight is 504 g/mol. The molecule has 0 spiro atoms. The average Bonchev–Trinajstić information content (AvgIpc) is 3.15. The molecule has 3 aromatic rings. The molecule has 1 saturated heterocycles. The Morgan fingerprint density at radius 3 is 2.35 bits per heavy atom. The number of carbonyl (C=O) groups is 2. The molecule has 1 unspecified atom stereocenters. The van der Waals surface area contributed by atoms with E-state index in [-0.39, 0.29) is 22.8 Å². The van der Waals surface area contributed by atoms with E-state index >= 15 is 0 Å². The second-order valence-corrected chi connectivity index (χ2v) is 8.69. The quantitative estimate of drug-likeness (QED) is 0.264. The number of phenols is 1. The van der Waals surface area contributed by atoms with Crippen LogP contribution in [0.15, 0.2) is 60.2 Å². The molecular weight excluding hydrogens is 474 g/mol. The second-order valence-electron chi connectivity index (χ2n) is 8.69. The van der Waals surface area contributed by atoms with Crippen molar-refractivity contribution < 1.29 is 34.0 Å². The fraction of sp³-hybridized carbons (Fsp3) is 0.241. The van der Waals surface area contributed by atoms with Crippen molar-refractivity contribution in [3.63, 3.8) is 0 Å². The molecule has 37 heavy (non-hydrogen) atoms. The number of benzene rings is 3. The van der Waals surface area contributed by atoms with Gasteiger partial charge in [-0.05, 0) is 79.9 Å². The number of phenolic OH excluding ortho intramolecular Hbond substituents is 1. The predicted octanol–water partition coefficient (Wildman–Crippen LogP) is 5.05. The smallest absolute Gasteiger partial charge is 0.300 e. The summed E-state index contributed by atoms with van der Waals surface area (Å²) in [7, 11) is 3.05. The van der Waals surface area contributed by atoms with Crippen LogP contribution in [0.2, 0.25) is 0 Å². The van der Waals surface area contributed by atoms with Crippen molar-refractivity contribution >= 4 is 23.1 Å². The van der Waals surface area contributed by atoms with Crippen molar-refractivity contribution in [2.45, 2.75) is 26.8 Å². The molecule has 3 aromatic carbocycles. The summed E-state index contributed by atoms with van der Waals surface area (Å²) in [6.45, 7) is 5.78. The highest BCUT2D eigenvalue weighted by molar-refractivity contribution is 6.52. The molecule has 0 saturated carbocycles. The van der Waals surface area contributed by atoms with Crippen LogP contribution >= 0.6 is 0 Å². The fourth-order valence-electron chi connectivity index (χ4n) is 4.53. The van der Waals surface area contributed by atoms with E-state index in [4.69, 9.17) is 14.2 Å². The number of aliphatic hydroxyl groups is 1. The highest BCUT2D eigenvalue weighted by Crippen LogP contribution is 2.46. The lowest BCUT2D eigenvalue weighted by Gasteiger charge is -2.27. The minimum Gasteiger partial charge on any atom is -0.507 e. The Morgan fingerprint density at radius 2 is 1.70 bits per heavy atom. The number of amides is 1. The fourth-order valence-corrected chi connectivity index (χ4v) is 4.53. The summed E-state index contributed by atoms with van der Waals surface area (Å²) in [5.74, 6) is -0.746. The number of ketones is 1. The van der Waals surface area contributed by atoms with Gasteiger partial charge in [-0.3, -0.25) is 14.5 Å². The number of aliphatic hydroxyl groups excluding tert-OH is 1. The third-order valence-corrected chi connectivity index (χ3v) is 6.33. The number of carbonyl (C=O) groups excluding carboxylic acids is 2. The van der Waals surface area contributed by atoms with Crippen LogP contribution in [0.4, 0.5) is 5.69 Å². The number of methoxy groups -OCH3 is 2. The van der Waals surface area contributed by atoms with Gasteiger partial charge in [0.05, 0.1) is 38.1 Å². The number of hydrogen-bond acceptors (Lipinski definition) is 7. The van der Waals surface area contributed by atoms with Crippen molar-refractivity contribution in [2.75, 3.05) is 25.7 Å². The number of anilines is 1. The molecule has 1 aliphatic heterocycles. The molecule has 1 atom stereocenters. The van der Waals surface area contributed by atoms with E-state index in [9.17, 15) is 19.8 Å². The molecule has 1 amide bonds. The number of nitrogens with zero attached hydrogens (tertiary/aromatic N) is 1. The van der Waals surface area contributed by atoms with Crippen LogP contribution in [-0.2, 0) is 9.59 Å². The molecule has 0 bridgehead atoms. The van der Waals surface area contributed by atoms with Gasteiger partial charge in [-0.25, -0.2) is 0 Å². The van der Waals surface area contributed by atoms with Crippen molar-refractivity contribution in [3.05, 3.63) is 82.4 Å². The van der Waals surface area contributed by atoms with Gasteiger partial charge in [0.25, 0.3) is 11.7 Å². The number of aromatic hydroxyl groups is 1. The third-order valence-electron chi connectivity index (χ3n) is 6.33. The Bertz CT molecular complexity index is 1410. The van der Waals surface area contributed by atoms with Gasteiger partial charge in [0.15, 0.2) is 11.5 Å². The largest absolute Gasteiger partial charge is 0.507 e. The van der Waals surface area contributed by atoms with Crippen LogP contribution < -0.4 is 19.1 Å². The SMILES string of the molecule is CCOc1cc(C2/C(=C(\O)c3ccc(OC)cc3C)C(=O)C(=O)N2c2cc(C)ccc2O)ccc1OC. The lowest BCUT2D eigenvalue weighted by molar-refractivity contribution is -0.132. The minimum atomic E-state index is -1.04. The van der Waals surface area contributed by atoms with Gasteiger partial charge in [0, 0.05) is 5.56 Å². The second kappa shape index (κ2) is 10.3. The highest BCUT2D eigenvalue weighted by Gasteiger charge is 2.48. The van der Waals surface area contributed by atoms with E-state index in [2.05, 4.69) is 0 Å². The van der Waals surface area contributed by atoms with Crippen LogP contribution in [0.5, 0.6) is 23.0 Å². The molecule has 2 N–H and O–H groups in total.